The summed E-state index contributed by atoms with van der Waals surface area (Å²) in [5.41, 5.74) is 0.979. The SMILES string of the molecule is COC(=O)c1cn(C(=O)C2CCN(S(=O)(=O)c3ccccc3)CC2)c2ccccc12. The van der Waals surface area contributed by atoms with Crippen molar-refractivity contribution in [2.75, 3.05) is 20.2 Å². The summed E-state index contributed by atoms with van der Waals surface area (Å²) in [6.07, 6.45) is 2.36. The Bertz CT molecular complexity index is 1190. The molecule has 156 valence electrons. The number of esters is 1. The third-order valence-corrected chi connectivity index (χ3v) is 7.45. The third-order valence-electron chi connectivity index (χ3n) is 5.54. The van der Waals surface area contributed by atoms with Crippen molar-refractivity contribution in [2.45, 2.75) is 17.7 Å². The zero-order valence-corrected chi connectivity index (χ0v) is 17.3. The second-order valence-electron chi connectivity index (χ2n) is 7.25. The van der Waals surface area contributed by atoms with E-state index in [4.69, 9.17) is 4.74 Å². The number of carbonyl (C=O) groups excluding carboxylic acids is 2. The van der Waals surface area contributed by atoms with E-state index >= 15 is 0 Å². The maximum atomic E-state index is 13.2. The summed E-state index contributed by atoms with van der Waals surface area (Å²) in [6, 6.07) is 15.5. The number of nitrogens with zero attached hydrogens (tertiary/aromatic N) is 2. The Morgan fingerprint density at radius 3 is 2.27 bits per heavy atom. The van der Waals surface area contributed by atoms with Gasteiger partial charge >= 0.3 is 5.97 Å². The van der Waals surface area contributed by atoms with E-state index in [0.29, 0.717) is 29.3 Å². The average molecular weight is 426 g/mol. The van der Waals surface area contributed by atoms with Gasteiger partial charge in [-0.1, -0.05) is 36.4 Å². The van der Waals surface area contributed by atoms with Crippen LogP contribution < -0.4 is 0 Å². The number of hydrogen-bond acceptors (Lipinski definition) is 5. The van der Waals surface area contributed by atoms with Crippen molar-refractivity contribution in [3.8, 4) is 0 Å². The number of carbonyl (C=O) groups is 2. The van der Waals surface area contributed by atoms with Crippen molar-refractivity contribution < 1.29 is 22.7 Å². The summed E-state index contributed by atoms with van der Waals surface area (Å²) in [5.74, 6) is -0.965. The van der Waals surface area contributed by atoms with E-state index in [-0.39, 0.29) is 29.8 Å². The van der Waals surface area contributed by atoms with Crippen LogP contribution >= 0.6 is 0 Å². The quantitative estimate of drug-likeness (QED) is 0.598. The van der Waals surface area contributed by atoms with Gasteiger partial charge in [-0.05, 0) is 31.0 Å². The number of fused-ring (bicyclic) bond motifs is 1. The van der Waals surface area contributed by atoms with Crippen LogP contribution in [0.2, 0.25) is 0 Å². The first-order valence-corrected chi connectivity index (χ1v) is 11.2. The lowest BCUT2D eigenvalue weighted by molar-refractivity contribution is 0.0603. The maximum absolute atomic E-state index is 13.2. The molecule has 1 aliphatic heterocycles. The van der Waals surface area contributed by atoms with Crippen molar-refractivity contribution in [1.82, 2.24) is 8.87 Å². The highest BCUT2D eigenvalue weighted by Gasteiger charge is 2.33. The molecule has 2 heterocycles. The van der Waals surface area contributed by atoms with Crippen LogP contribution in [0.5, 0.6) is 0 Å². The second-order valence-corrected chi connectivity index (χ2v) is 9.19. The van der Waals surface area contributed by atoms with Crippen LogP contribution in [0.15, 0.2) is 65.7 Å². The Hall–Kier alpha value is -2.97. The number of sulfonamides is 1. The molecule has 1 aromatic heterocycles. The van der Waals surface area contributed by atoms with Crippen molar-refractivity contribution >= 4 is 32.8 Å². The summed E-state index contributed by atoms with van der Waals surface area (Å²) in [6.45, 7) is 0.549. The Kier molecular flexibility index (Phi) is 5.44. The minimum atomic E-state index is -3.57. The summed E-state index contributed by atoms with van der Waals surface area (Å²) in [5, 5.41) is 0.654. The Labute approximate surface area is 174 Å². The highest BCUT2D eigenvalue weighted by atomic mass is 32.2. The summed E-state index contributed by atoms with van der Waals surface area (Å²) in [7, 11) is -2.26. The molecule has 0 aliphatic carbocycles. The molecule has 3 aromatic rings. The molecule has 0 N–H and O–H groups in total. The normalized spacial score (nSPS) is 15.9. The molecular weight excluding hydrogens is 404 g/mol. The Morgan fingerprint density at radius 1 is 0.967 bits per heavy atom. The number of aromatic nitrogens is 1. The van der Waals surface area contributed by atoms with Gasteiger partial charge in [0.1, 0.15) is 0 Å². The number of rotatable bonds is 4. The molecule has 0 spiro atoms. The molecule has 4 rings (SSSR count). The molecular formula is C22H22N2O5S. The van der Waals surface area contributed by atoms with E-state index in [1.807, 2.05) is 6.07 Å². The van der Waals surface area contributed by atoms with E-state index in [0.717, 1.165) is 0 Å². The molecule has 1 aliphatic rings. The van der Waals surface area contributed by atoms with Gasteiger partial charge in [0.25, 0.3) is 0 Å². The Balaban J connectivity index is 1.55. The zero-order chi connectivity index (χ0) is 21.3. The predicted molar refractivity (Wildman–Crippen MR) is 112 cm³/mol. The van der Waals surface area contributed by atoms with Gasteiger partial charge in [0, 0.05) is 30.6 Å². The van der Waals surface area contributed by atoms with Crippen LogP contribution in [-0.4, -0.2) is 49.4 Å². The lowest BCUT2D eigenvalue weighted by Crippen LogP contribution is -2.41. The predicted octanol–water partition coefficient (Wildman–Crippen LogP) is 3.17. The smallest absolute Gasteiger partial charge is 0.340 e. The van der Waals surface area contributed by atoms with Gasteiger partial charge in [0.2, 0.25) is 15.9 Å². The lowest BCUT2D eigenvalue weighted by Gasteiger charge is -2.30. The molecule has 0 bridgehead atoms. The second kappa shape index (κ2) is 8.04. The van der Waals surface area contributed by atoms with E-state index < -0.39 is 16.0 Å². The molecule has 2 aromatic carbocycles. The van der Waals surface area contributed by atoms with Gasteiger partial charge < -0.3 is 4.74 Å². The number of piperidine rings is 1. The van der Waals surface area contributed by atoms with Gasteiger partial charge in [-0.2, -0.15) is 4.31 Å². The van der Waals surface area contributed by atoms with Crippen LogP contribution in [-0.2, 0) is 14.8 Å². The monoisotopic (exact) mass is 426 g/mol. The van der Waals surface area contributed by atoms with Crippen LogP contribution in [0.4, 0.5) is 0 Å². The molecule has 1 fully saturated rings. The average Bonchev–Trinajstić information content (AvgIpc) is 3.18. The fourth-order valence-electron chi connectivity index (χ4n) is 3.92. The molecule has 0 radical (unpaired) electrons. The van der Waals surface area contributed by atoms with Crippen LogP contribution in [0.25, 0.3) is 10.9 Å². The Morgan fingerprint density at radius 2 is 1.60 bits per heavy atom. The molecule has 7 nitrogen and oxygen atoms in total. The van der Waals surface area contributed by atoms with E-state index in [1.165, 1.54) is 22.2 Å². The molecule has 30 heavy (non-hydrogen) atoms. The first-order valence-electron chi connectivity index (χ1n) is 9.71. The maximum Gasteiger partial charge on any atom is 0.340 e. The van der Waals surface area contributed by atoms with Crippen LogP contribution in [0.3, 0.4) is 0 Å². The van der Waals surface area contributed by atoms with Crippen molar-refractivity contribution in [3.63, 3.8) is 0 Å². The third kappa shape index (κ3) is 3.53. The molecule has 0 atom stereocenters. The van der Waals surface area contributed by atoms with Crippen molar-refractivity contribution in [2.24, 2.45) is 5.92 Å². The molecule has 0 amide bonds. The van der Waals surface area contributed by atoms with Gasteiger partial charge in [-0.15, -0.1) is 0 Å². The van der Waals surface area contributed by atoms with Crippen LogP contribution in [0.1, 0.15) is 28.0 Å². The molecule has 8 heteroatoms. The van der Waals surface area contributed by atoms with Gasteiger partial charge in [-0.3, -0.25) is 9.36 Å². The first-order chi connectivity index (χ1) is 14.4. The molecule has 0 saturated carbocycles. The largest absolute Gasteiger partial charge is 0.465 e. The van der Waals surface area contributed by atoms with E-state index in [9.17, 15) is 18.0 Å². The van der Waals surface area contributed by atoms with Gasteiger partial charge in [-0.25, -0.2) is 13.2 Å². The summed E-state index contributed by atoms with van der Waals surface area (Å²) >= 11 is 0. The number of ether oxygens (including phenoxy) is 1. The number of hydrogen-bond donors (Lipinski definition) is 0. The van der Waals surface area contributed by atoms with Crippen molar-refractivity contribution in [1.29, 1.82) is 0 Å². The van der Waals surface area contributed by atoms with Crippen LogP contribution in [0, 0.1) is 5.92 Å². The minimum absolute atomic E-state index is 0.141. The zero-order valence-electron chi connectivity index (χ0n) is 16.5. The fourth-order valence-corrected chi connectivity index (χ4v) is 5.41. The van der Waals surface area contributed by atoms with E-state index in [1.54, 1.807) is 48.5 Å². The fraction of sp³-hybridized carbons (Fsp3) is 0.273. The number of methoxy groups -OCH3 is 1. The van der Waals surface area contributed by atoms with E-state index in [2.05, 4.69) is 0 Å². The minimum Gasteiger partial charge on any atom is -0.465 e. The van der Waals surface area contributed by atoms with Gasteiger partial charge in [0.05, 0.1) is 23.1 Å². The highest BCUT2D eigenvalue weighted by molar-refractivity contribution is 7.89. The van der Waals surface area contributed by atoms with Gasteiger partial charge in [0.15, 0.2) is 0 Å². The van der Waals surface area contributed by atoms with Crippen molar-refractivity contribution in [3.05, 3.63) is 66.4 Å². The highest BCUT2D eigenvalue weighted by Crippen LogP contribution is 2.28. The lowest BCUT2D eigenvalue weighted by atomic mass is 9.97. The summed E-state index contributed by atoms with van der Waals surface area (Å²) in [4.78, 5) is 25.6. The summed E-state index contributed by atoms with van der Waals surface area (Å²) < 4.78 is 33.4. The molecule has 1 saturated heterocycles. The molecule has 0 unspecified atom stereocenters. The first kappa shape index (κ1) is 20.3. The topological polar surface area (TPSA) is 85.7 Å². The number of para-hydroxylation sites is 1. The number of benzene rings is 2. The standard InChI is InChI=1S/C22H22N2O5S/c1-29-22(26)19-15-24(20-10-6-5-9-18(19)20)21(25)16-11-13-23(14-12-16)30(27,28)17-7-3-2-4-8-17/h2-10,15-16H,11-14H2,1H3.